The summed E-state index contributed by atoms with van der Waals surface area (Å²) in [5.41, 5.74) is 10.3. The van der Waals surface area contributed by atoms with Crippen molar-refractivity contribution in [1.29, 1.82) is 0 Å². The number of aromatic hydroxyl groups is 1. The predicted molar refractivity (Wildman–Crippen MR) is 253 cm³/mol. The Balaban J connectivity index is 1.34. The average molecular weight is 775 g/mol. The number of fused-ring (bicyclic) bond motifs is 7. The first kappa shape index (κ1) is 36.4. The Morgan fingerprint density at radius 1 is 0.426 bits per heavy atom. The van der Waals surface area contributed by atoms with Crippen molar-refractivity contribution >= 4 is 83.5 Å². The Kier molecular flexibility index (Phi) is 8.53. The van der Waals surface area contributed by atoms with Crippen LogP contribution < -0.4 is 16.4 Å². The molecule has 0 amide bonds. The first-order valence-electron chi connectivity index (χ1n) is 20.1. The Bertz CT molecular complexity index is 3440. The van der Waals surface area contributed by atoms with E-state index in [1.165, 1.54) is 0 Å². The fourth-order valence-corrected chi connectivity index (χ4v) is 8.88. The van der Waals surface area contributed by atoms with Gasteiger partial charge in [0.15, 0.2) is 11.6 Å². The van der Waals surface area contributed by atoms with Crippen LogP contribution in [0.15, 0.2) is 170 Å². The van der Waals surface area contributed by atoms with Gasteiger partial charge in [-0.2, -0.15) is 9.97 Å². The van der Waals surface area contributed by atoms with Crippen LogP contribution in [0.25, 0.3) is 100 Å². The van der Waals surface area contributed by atoms with Crippen LogP contribution in [0.5, 0.6) is 5.75 Å². The molecule has 280 valence electrons. The van der Waals surface area contributed by atoms with Gasteiger partial charge in [0, 0.05) is 43.8 Å². The number of phenols is 1. The maximum absolute atomic E-state index is 12.1. The van der Waals surface area contributed by atoms with E-state index in [4.69, 9.17) is 38.5 Å². The maximum atomic E-state index is 12.1. The largest absolute Gasteiger partial charge is 0.508 e. The lowest BCUT2D eigenvalue weighted by atomic mass is 9.68. The van der Waals surface area contributed by atoms with Crippen molar-refractivity contribution in [2.75, 3.05) is 0 Å². The number of nitrogens with zero attached hydrogens (tertiary/aromatic N) is 5. The summed E-state index contributed by atoms with van der Waals surface area (Å²) < 4.78 is 4.43. The molecule has 9 heteroatoms. The number of rotatable bonds is 6. The molecule has 11 aromatic rings. The highest BCUT2D eigenvalue weighted by molar-refractivity contribution is 6.54. The molecule has 61 heavy (non-hydrogen) atoms. The molecule has 0 aliphatic carbocycles. The van der Waals surface area contributed by atoms with Crippen LogP contribution in [-0.2, 0) is 0 Å². The molecule has 8 aromatic carbocycles. The fraction of sp³-hybridized carbons (Fsp3) is 0.0192. The van der Waals surface area contributed by atoms with Gasteiger partial charge in [-0.3, -0.25) is 4.57 Å². The second-order valence-corrected chi connectivity index (χ2v) is 15.2. The predicted octanol–water partition coefficient (Wildman–Crippen LogP) is 9.13. The van der Waals surface area contributed by atoms with Gasteiger partial charge in [-0.25, -0.2) is 4.98 Å². The van der Waals surface area contributed by atoms with Crippen molar-refractivity contribution in [3.05, 3.63) is 175 Å². The van der Waals surface area contributed by atoms with E-state index in [-0.39, 0.29) is 16.7 Å². The zero-order valence-corrected chi connectivity index (χ0v) is 33.1. The van der Waals surface area contributed by atoms with E-state index in [1.54, 1.807) is 6.92 Å². The molecule has 0 atom stereocenters. The molecule has 11 rings (SSSR count). The second kappa shape index (κ2) is 14.3. The number of hydrogen-bond donors (Lipinski definition) is 1. The molecule has 0 fully saturated rings. The maximum Gasteiger partial charge on any atom is 0.238 e. The monoisotopic (exact) mass is 775 g/mol. The smallest absolute Gasteiger partial charge is 0.238 e. The molecule has 6 radical (unpaired) electrons. The molecular formula is C52H32B3N5O. The highest BCUT2D eigenvalue weighted by atomic mass is 16.3. The quantitative estimate of drug-likeness (QED) is 0.171. The van der Waals surface area contributed by atoms with Crippen LogP contribution in [0, 0.1) is 6.92 Å². The third-order valence-electron chi connectivity index (χ3n) is 11.8. The lowest BCUT2D eigenvalue weighted by Gasteiger charge is -2.24. The zero-order valence-electron chi connectivity index (χ0n) is 33.1. The standard InChI is InChI=1S/C52H32B3N5O/c1-30-44(53)46(55)43(49(61)45(30)54)42-34(31-16-5-2-6-17-31)24-15-27-41(42)59-39-25-13-11-22-35(39)37-28-29-38-36-23-12-14-26-40(36)60(48(38)47(37)59)52-57-50(32-18-7-3-8-19-32)56-51(58-52)33-20-9-4-10-21-33/h2-29,61H,1H3. The summed E-state index contributed by atoms with van der Waals surface area (Å²) in [4.78, 5) is 15.5. The molecule has 0 aliphatic heterocycles. The highest BCUT2D eigenvalue weighted by Crippen LogP contribution is 2.46. The van der Waals surface area contributed by atoms with E-state index in [0.717, 1.165) is 71.6 Å². The molecule has 0 saturated carbocycles. The van der Waals surface area contributed by atoms with Crippen LogP contribution in [-0.4, -0.2) is 52.7 Å². The SMILES string of the molecule is [B]c1c([B])c(-c2c(-c3ccccc3)cccc2-n2c3ccccc3c3ccc4c5ccccc5n(-c5nc(-c6ccccc6)nc(-c6ccccc6)n5)c4c32)c(O)c([B])c1C. The molecule has 3 aromatic heterocycles. The molecule has 1 N–H and O–H groups in total. The van der Waals surface area contributed by atoms with E-state index in [2.05, 4.69) is 63.7 Å². The van der Waals surface area contributed by atoms with Gasteiger partial charge in [-0.15, -0.1) is 5.46 Å². The number of para-hydroxylation sites is 2. The molecule has 6 nitrogen and oxygen atoms in total. The highest BCUT2D eigenvalue weighted by Gasteiger charge is 2.27. The van der Waals surface area contributed by atoms with Crippen LogP contribution in [0.1, 0.15) is 5.56 Å². The van der Waals surface area contributed by atoms with Gasteiger partial charge < -0.3 is 9.67 Å². The third-order valence-corrected chi connectivity index (χ3v) is 11.8. The Morgan fingerprint density at radius 2 is 0.918 bits per heavy atom. The average Bonchev–Trinajstić information content (AvgIpc) is 3.84. The molecule has 0 spiro atoms. The van der Waals surface area contributed by atoms with Crippen LogP contribution in [0.4, 0.5) is 0 Å². The van der Waals surface area contributed by atoms with Crippen molar-refractivity contribution in [2.24, 2.45) is 0 Å². The van der Waals surface area contributed by atoms with E-state index in [0.29, 0.717) is 39.8 Å². The van der Waals surface area contributed by atoms with Crippen LogP contribution >= 0.6 is 0 Å². The van der Waals surface area contributed by atoms with Gasteiger partial charge in [0.1, 0.15) is 29.3 Å². The number of hydrogen-bond acceptors (Lipinski definition) is 4. The van der Waals surface area contributed by atoms with Gasteiger partial charge in [0.05, 0.1) is 27.8 Å². The van der Waals surface area contributed by atoms with Crippen molar-refractivity contribution in [1.82, 2.24) is 24.1 Å². The summed E-state index contributed by atoms with van der Waals surface area (Å²) in [6.45, 7) is 1.77. The Morgan fingerprint density at radius 3 is 1.49 bits per heavy atom. The summed E-state index contributed by atoms with van der Waals surface area (Å²) in [6, 6.07) is 57.3. The summed E-state index contributed by atoms with van der Waals surface area (Å²) >= 11 is 0. The Hall–Kier alpha value is -7.64. The van der Waals surface area contributed by atoms with Gasteiger partial charge in [0.25, 0.3) is 0 Å². The molecule has 3 heterocycles. The van der Waals surface area contributed by atoms with Crippen molar-refractivity contribution in [3.63, 3.8) is 0 Å². The van der Waals surface area contributed by atoms with Gasteiger partial charge in [-0.1, -0.05) is 168 Å². The van der Waals surface area contributed by atoms with Gasteiger partial charge in [0.2, 0.25) is 5.95 Å². The summed E-state index contributed by atoms with van der Waals surface area (Å²) in [7, 11) is 20.3. The Labute approximate surface area is 356 Å². The minimum Gasteiger partial charge on any atom is -0.508 e. The minimum atomic E-state index is -0.124. The first-order valence-corrected chi connectivity index (χ1v) is 20.1. The second-order valence-electron chi connectivity index (χ2n) is 15.2. The van der Waals surface area contributed by atoms with E-state index >= 15 is 0 Å². The van der Waals surface area contributed by atoms with Gasteiger partial charge >= 0.3 is 0 Å². The molecule has 0 unspecified atom stereocenters. The molecular weight excluding hydrogens is 743 g/mol. The topological polar surface area (TPSA) is 68.8 Å². The fourth-order valence-electron chi connectivity index (χ4n) is 8.88. The van der Waals surface area contributed by atoms with E-state index in [9.17, 15) is 5.11 Å². The normalized spacial score (nSPS) is 11.6. The zero-order chi connectivity index (χ0) is 41.4. The van der Waals surface area contributed by atoms with Gasteiger partial charge in [-0.05, 0) is 36.2 Å². The lowest BCUT2D eigenvalue weighted by molar-refractivity contribution is 0.482. The first-order chi connectivity index (χ1) is 29.9. The van der Waals surface area contributed by atoms with Crippen molar-refractivity contribution < 1.29 is 5.11 Å². The number of phenolic OH excluding ortho intramolecular Hbond substituents is 1. The third kappa shape index (κ3) is 5.65. The number of benzene rings is 8. The minimum absolute atomic E-state index is 0.124. The van der Waals surface area contributed by atoms with E-state index < -0.39 is 0 Å². The lowest BCUT2D eigenvalue weighted by Crippen LogP contribution is -2.36. The van der Waals surface area contributed by atoms with E-state index in [1.807, 2.05) is 115 Å². The van der Waals surface area contributed by atoms with Crippen LogP contribution in [0.2, 0.25) is 0 Å². The molecule has 0 aliphatic rings. The summed E-state index contributed by atoms with van der Waals surface area (Å²) in [5, 5.41) is 16.2. The summed E-state index contributed by atoms with van der Waals surface area (Å²) in [6.07, 6.45) is 0. The summed E-state index contributed by atoms with van der Waals surface area (Å²) in [5.74, 6) is 1.46. The van der Waals surface area contributed by atoms with Crippen molar-refractivity contribution in [2.45, 2.75) is 6.92 Å². The van der Waals surface area contributed by atoms with Crippen LogP contribution in [0.3, 0.4) is 0 Å². The van der Waals surface area contributed by atoms with Crippen molar-refractivity contribution in [3.8, 4) is 62.4 Å². The molecule has 0 bridgehead atoms. The number of aromatic nitrogens is 5. The molecule has 0 saturated heterocycles.